The maximum absolute atomic E-state index is 13.4. The molecule has 0 aromatic heterocycles. The van der Waals surface area contributed by atoms with Gasteiger partial charge < -0.3 is 34.7 Å². The summed E-state index contributed by atoms with van der Waals surface area (Å²) in [5.74, 6) is -1.24. The smallest absolute Gasteiger partial charge is 0.335 e. The Morgan fingerprint density at radius 2 is 1.41 bits per heavy atom. The third-order valence-electron chi connectivity index (χ3n) is 5.26. The molecule has 192 valence electrons. The maximum Gasteiger partial charge on any atom is 0.335 e. The van der Waals surface area contributed by atoms with Crippen LogP contribution in [0.2, 0.25) is 0 Å². The molecule has 0 saturated heterocycles. The Morgan fingerprint density at radius 1 is 0.757 bits per heavy atom. The number of nitrogens with one attached hydrogen (secondary N) is 2. The van der Waals surface area contributed by atoms with Crippen LogP contribution in [-0.4, -0.2) is 51.3 Å². The molecule has 3 aromatic carbocycles. The van der Waals surface area contributed by atoms with Crippen molar-refractivity contribution >= 4 is 29.5 Å². The first-order valence-electron chi connectivity index (χ1n) is 10.9. The number of anilines is 1. The van der Waals surface area contributed by atoms with Crippen molar-refractivity contribution < 1.29 is 38.4 Å². The van der Waals surface area contributed by atoms with Crippen molar-refractivity contribution in [3.8, 4) is 23.0 Å². The number of amides is 2. The summed E-state index contributed by atoms with van der Waals surface area (Å²) in [6, 6.07) is 15.6. The van der Waals surface area contributed by atoms with Gasteiger partial charge in [-0.05, 0) is 48.5 Å². The molecule has 2 amide bonds. The van der Waals surface area contributed by atoms with E-state index in [0.717, 1.165) is 0 Å². The Bertz CT molecular complexity index is 1340. The number of ether oxygens (including phenoxy) is 4. The summed E-state index contributed by atoms with van der Waals surface area (Å²) in [4.78, 5) is 37.8. The lowest BCUT2D eigenvalue weighted by Crippen LogP contribution is -2.31. The number of hydrogen-bond donors (Lipinski definition) is 3. The van der Waals surface area contributed by atoms with Gasteiger partial charge in [0.2, 0.25) is 5.75 Å². The van der Waals surface area contributed by atoms with E-state index in [1.807, 2.05) is 0 Å². The van der Waals surface area contributed by atoms with Crippen molar-refractivity contribution in [2.75, 3.05) is 33.8 Å². The van der Waals surface area contributed by atoms with Gasteiger partial charge in [-0.2, -0.15) is 0 Å². The average Bonchev–Trinajstić information content (AvgIpc) is 2.92. The number of rotatable bonds is 10. The molecule has 3 N–H and O–H groups in total. The Balaban J connectivity index is 2.09. The topological polar surface area (TPSA) is 132 Å². The zero-order chi connectivity index (χ0) is 26.9. The highest BCUT2D eigenvalue weighted by Crippen LogP contribution is 2.40. The van der Waals surface area contributed by atoms with Gasteiger partial charge in [0, 0.05) is 11.1 Å². The van der Waals surface area contributed by atoms with E-state index in [9.17, 15) is 19.5 Å². The molecule has 0 spiro atoms. The minimum absolute atomic E-state index is 0.0588. The molecule has 3 aromatic rings. The van der Waals surface area contributed by atoms with Crippen LogP contribution in [0.4, 0.5) is 5.69 Å². The van der Waals surface area contributed by atoms with Gasteiger partial charge in [-0.3, -0.25) is 9.59 Å². The van der Waals surface area contributed by atoms with Crippen molar-refractivity contribution in [1.82, 2.24) is 5.32 Å². The molecule has 0 atom stereocenters. The molecule has 0 aliphatic carbocycles. The first-order chi connectivity index (χ1) is 17.8. The number of methoxy groups -OCH3 is 4. The number of benzene rings is 3. The van der Waals surface area contributed by atoms with E-state index >= 15 is 0 Å². The van der Waals surface area contributed by atoms with Crippen molar-refractivity contribution in [1.29, 1.82) is 0 Å². The van der Waals surface area contributed by atoms with Gasteiger partial charge in [0.15, 0.2) is 11.5 Å². The lowest BCUT2D eigenvalue weighted by Gasteiger charge is -2.16. The number of carbonyl (C=O) groups excluding carboxylic acids is 2. The predicted molar refractivity (Wildman–Crippen MR) is 137 cm³/mol. The van der Waals surface area contributed by atoms with Crippen LogP contribution in [0, 0.1) is 0 Å². The Hall–Kier alpha value is -4.99. The molecule has 0 bridgehead atoms. The van der Waals surface area contributed by atoms with Crippen LogP contribution in [0.3, 0.4) is 0 Å². The van der Waals surface area contributed by atoms with E-state index in [0.29, 0.717) is 22.6 Å². The van der Waals surface area contributed by atoms with Crippen molar-refractivity contribution in [2.45, 2.75) is 0 Å². The van der Waals surface area contributed by atoms with Crippen LogP contribution in [0.25, 0.3) is 6.08 Å². The minimum Gasteiger partial charge on any atom is -0.495 e. The van der Waals surface area contributed by atoms with Crippen molar-refractivity contribution in [3.63, 3.8) is 0 Å². The van der Waals surface area contributed by atoms with Gasteiger partial charge in [-0.15, -0.1) is 0 Å². The molecule has 0 aliphatic heterocycles. The highest BCUT2D eigenvalue weighted by atomic mass is 16.5. The summed E-state index contributed by atoms with van der Waals surface area (Å²) in [7, 11) is 5.73. The van der Waals surface area contributed by atoms with Crippen LogP contribution in [-0.2, 0) is 4.79 Å². The number of carboxylic acid groups (broad SMARTS) is 1. The van der Waals surface area contributed by atoms with Gasteiger partial charge in [-0.25, -0.2) is 4.79 Å². The molecule has 37 heavy (non-hydrogen) atoms. The van der Waals surface area contributed by atoms with E-state index in [-0.39, 0.29) is 28.4 Å². The largest absolute Gasteiger partial charge is 0.495 e. The Morgan fingerprint density at radius 3 is 2.00 bits per heavy atom. The molecular formula is C27H26N2O8. The number of aromatic carboxylic acids is 1. The highest BCUT2D eigenvalue weighted by molar-refractivity contribution is 6.11. The molecule has 0 radical (unpaired) electrons. The first-order valence-corrected chi connectivity index (χ1v) is 10.9. The van der Waals surface area contributed by atoms with Gasteiger partial charge in [0.1, 0.15) is 11.4 Å². The van der Waals surface area contributed by atoms with Gasteiger partial charge in [0.05, 0.1) is 39.7 Å². The predicted octanol–water partition coefficient (Wildman–Crippen LogP) is 3.83. The summed E-state index contributed by atoms with van der Waals surface area (Å²) in [5.41, 5.74) is 0.626. The summed E-state index contributed by atoms with van der Waals surface area (Å²) < 4.78 is 21.5. The highest BCUT2D eigenvalue weighted by Gasteiger charge is 2.21. The fourth-order valence-corrected chi connectivity index (χ4v) is 3.46. The van der Waals surface area contributed by atoms with Crippen LogP contribution in [0.1, 0.15) is 26.3 Å². The SMILES string of the molecule is COc1ccc(C(=O)O)cc1NC(=O)C(=Cc1ccc(OC)c(OC)c1OC)NC(=O)c1ccccc1. The van der Waals surface area contributed by atoms with Crippen molar-refractivity contribution in [2.24, 2.45) is 0 Å². The molecule has 10 nitrogen and oxygen atoms in total. The zero-order valence-electron chi connectivity index (χ0n) is 20.7. The van der Waals surface area contributed by atoms with Crippen LogP contribution >= 0.6 is 0 Å². The monoisotopic (exact) mass is 506 g/mol. The van der Waals surface area contributed by atoms with E-state index in [2.05, 4.69) is 10.6 Å². The van der Waals surface area contributed by atoms with Crippen LogP contribution in [0.5, 0.6) is 23.0 Å². The second-order valence-corrected chi connectivity index (χ2v) is 7.48. The van der Waals surface area contributed by atoms with Gasteiger partial charge in [0.25, 0.3) is 11.8 Å². The number of hydrogen-bond acceptors (Lipinski definition) is 7. The zero-order valence-corrected chi connectivity index (χ0v) is 20.7. The summed E-state index contributed by atoms with van der Waals surface area (Å²) in [6.07, 6.45) is 1.41. The van der Waals surface area contributed by atoms with Crippen LogP contribution < -0.4 is 29.6 Å². The summed E-state index contributed by atoms with van der Waals surface area (Å²) in [5, 5.41) is 14.6. The number of carboxylic acids is 1. The average molecular weight is 507 g/mol. The van der Waals surface area contributed by atoms with Crippen molar-refractivity contribution in [3.05, 3.63) is 83.1 Å². The summed E-state index contributed by atoms with van der Waals surface area (Å²) in [6.45, 7) is 0. The molecule has 0 unspecified atom stereocenters. The third-order valence-corrected chi connectivity index (χ3v) is 5.26. The van der Waals surface area contributed by atoms with Gasteiger partial charge in [-0.1, -0.05) is 18.2 Å². The molecular weight excluding hydrogens is 480 g/mol. The van der Waals surface area contributed by atoms with E-state index in [1.54, 1.807) is 42.5 Å². The van der Waals surface area contributed by atoms with E-state index < -0.39 is 17.8 Å². The number of carbonyl (C=O) groups is 3. The maximum atomic E-state index is 13.4. The fraction of sp³-hybridized carbons (Fsp3) is 0.148. The molecule has 0 aliphatic rings. The fourth-order valence-electron chi connectivity index (χ4n) is 3.46. The molecule has 0 heterocycles. The summed E-state index contributed by atoms with van der Waals surface area (Å²) >= 11 is 0. The Kier molecular flexibility index (Phi) is 8.71. The Labute approximate surface area is 213 Å². The first kappa shape index (κ1) is 26.6. The minimum atomic E-state index is -1.18. The quantitative estimate of drug-likeness (QED) is 0.354. The second-order valence-electron chi connectivity index (χ2n) is 7.48. The van der Waals surface area contributed by atoms with E-state index in [4.69, 9.17) is 18.9 Å². The molecule has 0 fully saturated rings. The third kappa shape index (κ3) is 6.17. The lowest BCUT2D eigenvalue weighted by molar-refractivity contribution is -0.113. The normalized spacial score (nSPS) is 10.8. The second kappa shape index (κ2) is 12.1. The standard InChI is InChI=1S/C27H26N2O8/c1-34-21-12-11-18(27(32)33)15-19(21)28-26(31)20(29-25(30)16-8-6-5-7-9-16)14-17-10-13-22(35-2)24(37-4)23(17)36-3/h5-15H,1-4H3,(H,28,31)(H,29,30)(H,32,33). The van der Waals surface area contributed by atoms with Gasteiger partial charge >= 0.3 is 5.97 Å². The van der Waals surface area contributed by atoms with E-state index in [1.165, 1.54) is 52.7 Å². The molecule has 3 rings (SSSR count). The molecule has 10 heteroatoms. The molecule has 0 saturated carbocycles. The lowest BCUT2D eigenvalue weighted by atomic mass is 10.1. The van der Waals surface area contributed by atoms with Crippen LogP contribution in [0.15, 0.2) is 66.4 Å².